The second-order valence-corrected chi connectivity index (χ2v) is 7.45. The summed E-state index contributed by atoms with van der Waals surface area (Å²) in [5.41, 5.74) is 2.12. The molecule has 2 aliphatic carbocycles. The van der Waals surface area contributed by atoms with Crippen LogP contribution in [-0.2, 0) is 9.59 Å². The number of fused-ring (bicyclic) bond motifs is 1. The molecule has 1 aromatic carbocycles. The van der Waals surface area contributed by atoms with Gasteiger partial charge >= 0.3 is 0 Å². The van der Waals surface area contributed by atoms with E-state index >= 15 is 0 Å². The van der Waals surface area contributed by atoms with Crippen molar-refractivity contribution >= 4 is 17.5 Å². The minimum Gasteiger partial charge on any atom is -0.486 e. The van der Waals surface area contributed by atoms with E-state index in [1.165, 1.54) is 18.4 Å². The third-order valence-corrected chi connectivity index (χ3v) is 5.40. The Labute approximate surface area is 159 Å². The maximum Gasteiger partial charge on any atom is 0.228 e. The molecule has 0 spiro atoms. The van der Waals surface area contributed by atoms with Crippen LogP contribution >= 0.6 is 0 Å². The van der Waals surface area contributed by atoms with Crippen molar-refractivity contribution in [2.24, 2.45) is 11.8 Å². The highest BCUT2D eigenvalue weighted by atomic mass is 16.6. The number of allylic oxidation sites excluding steroid dienone is 1. The maximum atomic E-state index is 12.4. The Morgan fingerprint density at radius 3 is 2.67 bits per heavy atom. The zero-order valence-corrected chi connectivity index (χ0v) is 15.5. The van der Waals surface area contributed by atoms with Crippen molar-refractivity contribution < 1.29 is 19.1 Å². The number of benzene rings is 1. The number of ether oxygens (including phenoxy) is 2. The van der Waals surface area contributed by atoms with Crippen LogP contribution in [0.1, 0.15) is 38.5 Å². The lowest BCUT2D eigenvalue weighted by Crippen LogP contribution is -2.28. The molecule has 1 fully saturated rings. The Balaban J connectivity index is 1.22. The number of rotatable bonds is 6. The molecule has 0 saturated heterocycles. The molecule has 4 rings (SSSR count). The van der Waals surface area contributed by atoms with Gasteiger partial charge in [-0.1, -0.05) is 11.6 Å². The number of hydrogen-bond donors (Lipinski definition) is 2. The minimum absolute atomic E-state index is 0.00580. The van der Waals surface area contributed by atoms with Crippen LogP contribution in [0.2, 0.25) is 0 Å². The first-order valence-electron chi connectivity index (χ1n) is 9.87. The van der Waals surface area contributed by atoms with Gasteiger partial charge in [-0.25, -0.2) is 0 Å². The fourth-order valence-corrected chi connectivity index (χ4v) is 3.74. The second-order valence-electron chi connectivity index (χ2n) is 7.45. The van der Waals surface area contributed by atoms with Gasteiger partial charge < -0.3 is 20.1 Å². The summed E-state index contributed by atoms with van der Waals surface area (Å²) in [6, 6.07) is 5.35. The predicted octanol–water partition coefficient (Wildman–Crippen LogP) is 3.04. The van der Waals surface area contributed by atoms with Crippen LogP contribution in [-0.4, -0.2) is 31.6 Å². The fraction of sp³-hybridized carbons (Fsp3) is 0.524. The Morgan fingerprint density at radius 1 is 1.04 bits per heavy atom. The summed E-state index contributed by atoms with van der Waals surface area (Å²) in [5.74, 6) is 0.766. The highest BCUT2D eigenvalue weighted by Gasteiger charge is 2.47. The van der Waals surface area contributed by atoms with Gasteiger partial charge in [0.15, 0.2) is 11.5 Å². The molecule has 1 saturated carbocycles. The van der Waals surface area contributed by atoms with E-state index < -0.39 is 0 Å². The number of amides is 2. The highest BCUT2D eigenvalue weighted by Crippen LogP contribution is 2.40. The van der Waals surface area contributed by atoms with Crippen LogP contribution < -0.4 is 20.1 Å². The average Bonchev–Trinajstić information content (AvgIpc) is 3.50. The first-order valence-corrected chi connectivity index (χ1v) is 9.87. The molecule has 0 bridgehead atoms. The fourth-order valence-electron chi connectivity index (χ4n) is 3.74. The Bertz CT molecular complexity index is 759. The minimum atomic E-state index is -0.243. The average molecular weight is 370 g/mol. The Morgan fingerprint density at radius 2 is 1.85 bits per heavy atom. The molecule has 27 heavy (non-hydrogen) atoms. The van der Waals surface area contributed by atoms with E-state index in [-0.39, 0.29) is 23.7 Å². The second kappa shape index (κ2) is 8.03. The predicted molar refractivity (Wildman–Crippen MR) is 102 cm³/mol. The highest BCUT2D eigenvalue weighted by molar-refractivity contribution is 5.99. The van der Waals surface area contributed by atoms with Gasteiger partial charge in [0.2, 0.25) is 11.8 Å². The zero-order valence-electron chi connectivity index (χ0n) is 15.5. The van der Waals surface area contributed by atoms with Gasteiger partial charge in [0.25, 0.3) is 0 Å². The molecule has 1 heterocycles. The van der Waals surface area contributed by atoms with E-state index in [4.69, 9.17) is 9.47 Å². The number of carbonyl (C=O) groups excluding carboxylic acids is 2. The van der Waals surface area contributed by atoms with Crippen molar-refractivity contribution in [3.05, 3.63) is 29.8 Å². The number of anilines is 1. The first-order chi connectivity index (χ1) is 13.2. The molecule has 2 amide bonds. The molecule has 2 atom stereocenters. The largest absolute Gasteiger partial charge is 0.486 e. The van der Waals surface area contributed by atoms with Gasteiger partial charge in [-0.15, -0.1) is 0 Å². The third-order valence-electron chi connectivity index (χ3n) is 5.40. The van der Waals surface area contributed by atoms with Gasteiger partial charge in [0.1, 0.15) is 13.2 Å². The number of hydrogen-bond acceptors (Lipinski definition) is 4. The van der Waals surface area contributed by atoms with Crippen LogP contribution in [0.3, 0.4) is 0 Å². The van der Waals surface area contributed by atoms with E-state index in [2.05, 4.69) is 16.7 Å². The van der Waals surface area contributed by atoms with Gasteiger partial charge in [0, 0.05) is 18.3 Å². The van der Waals surface area contributed by atoms with E-state index in [1.54, 1.807) is 18.2 Å². The quantitative estimate of drug-likeness (QED) is 0.755. The molecule has 6 heteroatoms. The summed E-state index contributed by atoms with van der Waals surface area (Å²) in [5, 5.41) is 5.87. The molecule has 3 aliphatic rings. The Hall–Kier alpha value is -2.50. The molecular formula is C21H26N2O4. The lowest BCUT2D eigenvalue weighted by Gasteiger charge is -2.19. The molecule has 0 aromatic heterocycles. The van der Waals surface area contributed by atoms with Gasteiger partial charge in [-0.2, -0.15) is 0 Å². The molecule has 2 unspecified atom stereocenters. The lowest BCUT2D eigenvalue weighted by atomic mass is 9.97. The van der Waals surface area contributed by atoms with Gasteiger partial charge in [0.05, 0.1) is 11.8 Å². The summed E-state index contributed by atoms with van der Waals surface area (Å²) in [6.45, 7) is 1.71. The summed E-state index contributed by atoms with van der Waals surface area (Å²) in [6.07, 6.45) is 8.68. The molecule has 1 aliphatic heterocycles. The standard InChI is InChI=1S/C21H26N2O4/c24-20(22-9-8-14-4-2-1-3-5-14)16-13-17(16)21(25)23-15-6-7-18-19(12-15)27-11-10-26-18/h4,6-7,12,16-17H,1-3,5,8-11,13H2,(H,22,24)(H,23,25). The van der Waals surface area contributed by atoms with E-state index in [9.17, 15) is 9.59 Å². The zero-order chi connectivity index (χ0) is 18.6. The van der Waals surface area contributed by atoms with Crippen LogP contribution in [0.4, 0.5) is 5.69 Å². The van der Waals surface area contributed by atoms with Crippen LogP contribution in [0.15, 0.2) is 29.8 Å². The summed E-state index contributed by atoms with van der Waals surface area (Å²) >= 11 is 0. The van der Waals surface area contributed by atoms with Gasteiger partial charge in [-0.3, -0.25) is 9.59 Å². The number of carbonyl (C=O) groups is 2. The van der Waals surface area contributed by atoms with E-state index in [1.807, 2.05) is 0 Å². The molecular weight excluding hydrogens is 344 g/mol. The van der Waals surface area contributed by atoms with Crippen molar-refractivity contribution in [3.63, 3.8) is 0 Å². The van der Waals surface area contributed by atoms with Gasteiger partial charge in [-0.05, 0) is 50.7 Å². The lowest BCUT2D eigenvalue weighted by molar-refractivity contribution is -0.125. The summed E-state index contributed by atoms with van der Waals surface area (Å²) in [7, 11) is 0. The van der Waals surface area contributed by atoms with E-state index in [0.29, 0.717) is 43.4 Å². The van der Waals surface area contributed by atoms with Crippen LogP contribution in [0, 0.1) is 11.8 Å². The smallest absolute Gasteiger partial charge is 0.228 e. The molecule has 6 nitrogen and oxygen atoms in total. The summed E-state index contributed by atoms with van der Waals surface area (Å²) in [4.78, 5) is 24.7. The molecule has 144 valence electrons. The number of nitrogens with one attached hydrogen (secondary N) is 2. The maximum absolute atomic E-state index is 12.4. The van der Waals surface area contributed by atoms with Crippen LogP contribution in [0.25, 0.3) is 0 Å². The van der Waals surface area contributed by atoms with Crippen molar-refractivity contribution in [2.45, 2.75) is 38.5 Å². The first kappa shape index (κ1) is 17.9. The van der Waals surface area contributed by atoms with Crippen molar-refractivity contribution in [1.29, 1.82) is 0 Å². The summed E-state index contributed by atoms with van der Waals surface area (Å²) < 4.78 is 11.0. The topological polar surface area (TPSA) is 76.7 Å². The SMILES string of the molecule is O=C(NCCC1=CCCCC1)C1CC1C(=O)Nc1ccc2c(c1)OCCO2. The van der Waals surface area contributed by atoms with Crippen molar-refractivity contribution in [3.8, 4) is 11.5 Å². The van der Waals surface area contributed by atoms with Crippen LogP contribution in [0.5, 0.6) is 11.5 Å². The normalized spacial score (nSPS) is 23.2. The Kier molecular flexibility index (Phi) is 5.32. The monoisotopic (exact) mass is 370 g/mol. The van der Waals surface area contributed by atoms with E-state index in [0.717, 1.165) is 19.3 Å². The molecule has 0 radical (unpaired) electrons. The molecule has 1 aromatic rings. The third kappa shape index (κ3) is 4.43. The van der Waals surface area contributed by atoms with Crippen molar-refractivity contribution in [1.82, 2.24) is 5.32 Å². The molecule has 2 N–H and O–H groups in total. The van der Waals surface area contributed by atoms with Crippen molar-refractivity contribution in [2.75, 3.05) is 25.1 Å².